The number of rotatable bonds is 5. The maximum atomic E-state index is 13.0. The summed E-state index contributed by atoms with van der Waals surface area (Å²) in [6.45, 7) is 4.57. The van der Waals surface area contributed by atoms with Crippen molar-refractivity contribution < 1.29 is 22.3 Å². The number of sulfonamides is 1. The van der Waals surface area contributed by atoms with Gasteiger partial charge in [-0.05, 0) is 50.2 Å². The van der Waals surface area contributed by atoms with Crippen LogP contribution in [0.5, 0.6) is 5.75 Å². The van der Waals surface area contributed by atoms with Crippen LogP contribution in [0.1, 0.15) is 12.5 Å². The molecule has 0 N–H and O–H groups in total. The van der Waals surface area contributed by atoms with Crippen molar-refractivity contribution in [2.75, 3.05) is 26.2 Å². The molecule has 2 aromatic carbocycles. The molecule has 150 valence electrons. The summed E-state index contributed by atoms with van der Waals surface area (Å²) in [5.41, 5.74) is 0.990. The lowest BCUT2D eigenvalue weighted by atomic mass is 10.2. The van der Waals surface area contributed by atoms with E-state index in [0.29, 0.717) is 18.8 Å². The van der Waals surface area contributed by atoms with Crippen LogP contribution in [0.2, 0.25) is 0 Å². The van der Waals surface area contributed by atoms with Gasteiger partial charge in [0.2, 0.25) is 10.0 Å². The van der Waals surface area contributed by atoms with Crippen molar-refractivity contribution in [1.29, 1.82) is 0 Å². The van der Waals surface area contributed by atoms with Gasteiger partial charge >= 0.3 is 0 Å². The Labute approximate surface area is 164 Å². The number of carbonyl (C=O) groups is 1. The molecule has 0 aliphatic carbocycles. The molecule has 8 heteroatoms. The summed E-state index contributed by atoms with van der Waals surface area (Å²) < 4.78 is 45.4. The Hall–Kier alpha value is -2.45. The van der Waals surface area contributed by atoms with Gasteiger partial charge in [-0.3, -0.25) is 4.79 Å². The minimum absolute atomic E-state index is 0.225. The Morgan fingerprint density at radius 3 is 2.14 bits per heavy atom. The first-order valence-electron chi connectivity index (χ1n) is 9.05. The number of hydrogen-bond donors (Lipinski definition) is 0. The molecule has 28 heavy (non-hydrogen) atoms. The summed E-state index contributed by atoms with van der Waals surface area (Å²) in [4.78, 5) is 14.4. The summed E-state index contributed by atoms with van der Waals surface area (Å²) >= 11 is 0. The molecule has 1 fully saturated rings. The molecule has 0 bridgehead atoms. The van der Waals surface area contributed by atoms with E-state index < -0.39 is 16.1 Å². The van der Waals surface area contributed by atoms with Gasteiger partial charge in [-0.15, -0.1) is 0 Å². The smallest absolute Gasteiger partial charge is 0.263 e. The van der Waals surface area contributed by atoms with Crippen molar-refractivity contribution in [2.45, 2.75) is 24.8 Å². The highest BCUT2D eigenvalue weighted by Crippen LogP contribution is 2.19. The Kier molecular flexibility index (Phi) is 6.00. The predicted molar refractivity (Wildman–Crippen MR) is 103 cm³/mol. The van der Waals surface area contributed by atoms with Crippen LogP contribution in [0, 0.1) is 12.7 Å². The average Bonchev–Trinajstić information content (AvgIpc) is 2.69. The normalized spacial score (nSPS) is 16.6. The zero-order valence-corrected chi connectivity index (χ0v) is 16.7. The highest BCUT2D eigenvalue weighted by Gasteiger charge is 2.32. The fourth-order valence-corrected chi connectivity index (χ4v) is 4.46. The van der Waals surface area contributed by atoms with Crippen molar-refractivity contribution in [1.82, 2.24) is 9.21 Å². The van der Waals surface area contributed by atoms with Crippen LogP contribution in [0.3, 0.4) is 0 Å². The summed E-state index contributed by atoms with van der Waals surface area (Å²) in [7, 11) is -3.57. The molecule has 0 spiro atoms. The minimum Gasteiger partial charge on any atom is -0.481 e. The third-order valence-electron chi connectivity index (χ3n) is 4.68. The van der Waals surface area contributed by atoms with Crippen LogP contribution < -0.4 is 4.74 Å². The number of ether oxygens (including phenoxy) is 1. The molecule has 0 aromatic heterocycles. The van der Waals surface area contributed by atoms with Gasteiger partial charge < -0.3 is 9.64 Å². The summed E-state index contributed by atoms with van der Waals surface area (Å²) in [5.74, 6) is -0.197. The number of halogens is 1. The third-order valence-corrected chi connectivity index (χ3v) is 6.60. The van der Waals surface area contributed by atoms with Crippen LogP contribution in [-0.4, -0.2) is 55.8 Å². The van der Waals surface area contributed by atoms with E-state index in [1.807, 2.05) is 6.92 Å². The number of benzene rings is 2. The molecular formula is C20H23FN2O4S. The van der Waals surface area contributed by atoms with Crippen molar-refractivity contribution >= 4 is 15.9 Å². The van der Waals surface area contributed by atoms with Gasteiger partial charge in [-0.2, -0.15) is 4.31 Å². The van der Waals surface area contributed by atoms with Crippen molar-refractivity contribution in [3.63, 3.8) is 0 Å². The van der Waals surface area contributed by atoms with E-state index in [4.69, 9.17) is 4.74 Å². The Bertz CT molecular complexity index is 922. The SMILES string of the molecule is Cc1ccc(S(=O)(=O)N2CCN(C(=O)[C@@H](C)Oc3ccc(F)cc3)CC2)cc1. The molecule has 1 aliphatic heterocycles. The monoisotopic (exact) mass is 406 g/mol. The van der Waals surface area contributed by atoms with Gasteiger partial charge in [0.25, 0.3) is 5.91 Å². The van der Waals surface area contributed by atoms with Crippen LogP contribution in [0.15, 0.2) is 53.4 Å². The number of piperazine rings is 1. The lowest BCUT2D eigenvalue weighted by Crippen LogP contribution is -2.53. The molecule has 0 radical (unpaired) electrons. The molecule has 6 nitrogen and oxygen atoms in total. The number of carbonyl (C=O) groups excluding carboxylic acids is 1. The third kappa shape index (κ3) is 4.51. The molecule has 1 saturated heterocycles. The number of amides is 1. The standard InChI is InChI=1S/C20H23FN2O4S/c1-15-3-9-19(10-4-15)28(25,26)23-13-11-22(12-14-23)20(24)16(2)27-18-7-5-17(21)6-8-18/h3-10,16H,11-14H2,1-2H3/t16-/m1/s1. The summed E-state index contributed by atoms with van der Waals surface area (Å²) in [6, 6.07) is 12.2. The van der Waals surface area contributed by atoms with E-state index in [1.165, 1.54) is 28.6 Å². The van der Waals surface area contributed by atoms with Gasteiger partial charge in [0.15, 0.2) is 6.10 Å². The van der Waals surface area contributed by atoms with Crippen LogP contribution in [-0.2, 0) is 14.8 Å². The lowest BCUT2D eigenvalue weighted by molar-refractivity contribution is -0.139. The van der Waals surface area contributed by atoms with E-state index in [1.54, 1.807) is 36.1 Å². The van der Waals surface area contributed by atoms with E-state index in [-0.39, 0.29) is 29.7 Å². The van der Waals surface area contributed by atoms with E-state index in [2.05, 4.69) is 0 Å². The molecule has 0 saturated carbocycles. The van der Waals surface area contributed by atoms with E-state index in [0.717, 1.165) is 5.56 Å². The van der Waals surface area contributed by atoms with Crippen molar-refractivity contribution in [3.8, 4) is 5.75 Å². The Balaban J connectivity index is 1.58. The van der Waals surface area contributed by atoms with E-state index >= 15 is 0 Å². The zero-order chi connectivity index (χ0) is 20.3. The zero-order valence-electron chi connectivity index (χ0n) is 15.8. The first kappa shape index (κ1) is 20.3. The maximum absolute atomic E-state index is 13.0. The maximum Gasteiger partial charge on any atom is 0.263 e. The van der Waals surface area contributed by atoms with Gasteiger partial charge in [-0.1, -0.05) is 17.7 Å². The molecule has 1 amide bonds. The lowest BCUT2D eigenvalue weighted by Gasteiger charge is -2.35. The number of nitrogens with zero attached hydrogens (tertiary/aromatic N) is 2. The Morgan fingerprint density at radius 2 is 1.57 bits per heavy atom. The summed E-state index contributed by atoms with van der Waals surface area (Å²) in [6.07, 6.45) is -0.745. The van der Waals surface area contributed by atoms with E-state index in [9.17, 15) is 17.6 Å². The quantitative estimate of drug-likeness (QED) is 0.765. The highest BCUT2D eigenvalue weighted by atomic mass is 32.2. The molecular weight excluding hydrogens is 383 g/mol. The fraction of sp³-hybridized carbons (Fsp3) is 0.350. The van der Waals surface area contributed by atoms with Crippen LogP contribution in [0.4, 0.5) is 4.39 Å². The molecule has 1 atom stereocenters. The van der Waals surface area contributed by atoms with Crippen LogP contribution in [0.25, 0.3) is 0 Å². The van der Waals surface area contributed by atoms with Gasteiger partial charge in [0.1, 0.15) is 11.6 Å². The van der Waals surface area contributed by atoms with Crippen LogP contribution >= 0.6 is 0 Å². The first-order chi connectivity index (χ1) is 13.3. The summed E-state index contributed by atoms with van der Waals surface area (Å²) in [5, 5.41) is 0. The molecule has 0 unspecified atom stereocenters. The van der Waals surface area contributed by atoms with Crippen molar-refractivity contribution in [3.05, 3.63) is 59.9 Å². The second kappa shape index (κ2) is 8.28. The van der Waals surface area contributed by atoms with Crippen molar-refractivity contribution in [2.24, 2.45) is 0 Å². The molecule has 1 aliphatic rings. The fourth-order valence-electron chi connectivity index (χ4n) is 3.03. The van der Waals surface area contributed by atoms with Gasteiger partial charge in [-0.25, -0.2) is 12.8 Å². The second-order valence-corrected chi connectivity index (χ2v) is 8.69. The molecule has 1 heterocycles. The molecule has 3 rings (SSSR count). The van der Waals surface area contributed by atoms with Gasteiger partial charge in [0, 0.05) is 26.2 Å². The topological polar surface area (TPSA) is 66.9 Å². The average molecular weight is 406 g/mol. The Morgan fingerprint density at radius 1 is 1.00 bits per heavy atom. The predicted octanol–water partition coefficient (Wildman–Crippen LogP) is 2.43. The number of aryl methyl sites for hydroxylation is 1. The first-order valence-corrected chi connectivity index (χ1v) is 10.5. The minimum atomic E-state index is -3.57. The second-order valence-electron chi connectivity index (χ2n) is 6.76. The highest BCUT2D eigenvalue weighted by molar-refractivity contribution is 7.89. The van der Waals surface area contributed by atoms with Gasteiger partial charge in [0.05, 0.1) is 4.90 Å². The largest absolute Gasteiger partial charge is 0.481 e. The molecule has 2 aromatic rings. The number of hydrogen-bond acceptors (Lipinski definition) is 4.